The molecule has 2 atom stereocenters. The van der Waals surface area contributed by atoms with Crippen LogP contribution in [0.1, 0.15) is 27.2 Å². The molecule has 2 heterocycles. The second-order valence-corrected chi connectivity index (χ2v) is 8.79. The third-order valence-electron chi connectivity index (χ3n) is 4.31. The van der Waals surface area contributed by atoms with Gasteiger partial charge >= 0.3 is 5.97 Å². The number of methoxy groups -OCH3 is 1. The molecular weight excluding hydrogens is 274 g/mol. The zero-order valence-electron chi connectivity index (χ0n) is 13.1. The number of nitrogens with zero attached hydrogens (tertiary/aromatic N) is 1. The Morgan fingerprint density at radius 2 is 2.25 bits per heavy atom. The molecule has 2 aliphatic rings. The van der Waals surface area contributed by atoms with Crippen molar-refractivity contribution >= 4 is 17.7 Å². The van der Waals surface area contributed by atoms with Gasteiger partial charge in [0.1, 0.15) is 0 Å². The molecule has 0 N–H and O–H groups in total. The van der Waals surface area contributed by atoms with Crippen LogP contribution in [0.15, 0.2) is 0 Å². The fourth-order valence-electron chi connectivity index (χ4n) is 3.24. The maximum Gasteiger partial charge on any atom is 0.313 e. The second-order valence-electron chi connectivity index (χ2n) is 6.87. The summed E-state index contributed by atoms with van der Waals surface area (Å²) < 4.78 is 10.9. The summed E-state index contributed by atoms with van der Waals surface area (Å²) in [4.78, 5) is 14.7. The smallest absolute Gasteiger partial charge is 0.313 e. The van der Waals surface area contributed by atoms with E-state index in [0.717, 1.165) is 31.8 Å². The fourth-order valence-corrected chi connectivity index (χ4v) is 4.20. The van der Waals surface area contributed by atoms with E-state index in [1.807, 2.05) is 11.8 Å². The van der Waals surface area contributed by atoms with Gasteiger partial charge in [-0.05, 0) is 6.42 Å². The molecular formula is C15H27NO3S. The summed E-state index contributed by atoms with van der Waals surface area (Å²) in [6.07, 6.45) is 0.799. The summed E-state index contributed by atoms with van der Waals surface area (Å²) in [5, 5.41) is 0. The number of likely N-dealkylation sites (tertiary alicyclic amines) is 1. The Hall–Kier alpha value is -0.260. The molecule has 116 valence electrons. The molecule has 2 fully saturated rings. The van der Waals surface area contributed by atoms with Gasteiger partial charge in [0.2, 0.25) is 0 Å². The summed E-state index contributed by atoms with van der Waals surface area (Å²) in [5.74, 6) is 1.36. The van der Waals surface area contributed by atoms with Crippen molar-refractivity contribution in [3.63, 3.8) is 0 Å². The molecule has 0 aromatic carbocycles. The van der Waals surface area contributed by atoms with Crippen molar-refractivity contribution in [3.05, 3.63) is 0 Å². The number of hydrogen-bond acceptors (Lipinski definition) is 5. The minimum Gasteiger partial charge on any atom is -0.469 e. The number of thioether (sulfide) groups is 1. The number of hydrogen-bond donors (Lipinski definition) is 0. The van der Waals surface area contributed by atoms with Crippen LogP contribution in [0.3, 0.4) is 0 Å². The molecule has 5 heteroatoms. The molecule has 0 unspecified atom stereocenters. The van der Waals surface area contributed by atoms with Crippen LogP contribution in [0.4, 0.5) is 0 Å². The molecule has 0 aromatic heterocycles. The molecule has 2 saturated heterocycles. The van der Waals surface area contributed by atoms with Crippen molar-refractivity contribution in [2.45, 2.75) is 31.9 Å². The Labute approximate surface area is 126 Å². The molecule has 0 bridgehead atoms. The summed E-state index contributed by atoms with van der Waals surface area (Å²) in [6, 6.07) is 0. The van der Waals surface area contributed by atoms with Crippen molar-refractivity contribution in [1.29, 1.82) is 0 Å². The molecule has 20 heavy (non-hydrogen) atoms. The average molecular weight is 301 g/mol. The van der Waals surface area contributed by atoms with Crippen LogP contribution in [-0.4, -0.2) is 61.3 Å². The van der Waals surface area contributed by atoms with Gasteiger partial charge in [-0.1, -0.05) is 20.8 Å². The highest BCUT2D eigenvalue weighted by atomic mass is 32.2. The van der Waals surface area contributed by atoms with E-state index >= 15 is 0 Å². The molecule has 4 nitrogen and oxygen atoms in total. The van der Waals surface area contributed by atoms with Crippen LogP contribution in [0.5, 0.6) is 0 Å². The van der Waals surface area contributed by atoms with E-state index in [9.17, 15) is 4.79 Å². The summed E-state index contributed by atoms with van der Waals surface area (Å²) in [5.41, 5.74) is -0.320. The highest BCUT2D eigenvalue weighted by Crippen LogP contribution is 2.43. The number of carbonyl (C=O) groups excluding carboxylic acids is 1. The first kappa shape index (κ1) is 16.1. The zero-order valence-corrected chi connectivity index (χ0v) is 13.9. The molecule has 2 aliphatic heterocycles. The van der Waals surface area contributed by atoms with Crippen molar-refractivity contribution in [3.8, 4) is 0 Å². The summed E-state index contributed by atoms with van der Waals surface area (Å²) in [6.45, 7) is 10.9. The van der Waals surface area contributed by atoms with Gasteiger partial charge in [0, 0.05) is 42.7 Å². The van der Waals surface area contributed by atoms with Crippen LogP contribution in [0, 0.1) is 11.3 Å². The topological polar surface area (TPSA) is 38.8 Å². The maximum absolute atomic E-state index is 12.2. The van der Waals surface area contributed by atoms with E-state index < -0.39 is 0 Å². The van der Waals surface area contributed by atoms with E-state index in [4.69, 9.17) is 9.47 Å². The number of carbonyl (C=O) groups is 1. The third-order valence-corrected chi connectivity index (χ3v) is 5.56. The molecule has 0 spiro atoms. The van der Waals surface area contributed by atoms with Gasteiger partial charge in [0.25, 0.3) is 0 Å². The maximum atomic E-state index is 12.2. The van der Waals surface area contributed by atoms with Crippen LogP contribution < -0.4 is 0 Å². The number of ether oxygens (including phenoxy) is 2. The number of esters is 1. The first-order valence-electron chi connectivity index (χ1n) is 7.40. The van der Waals surface area contributed by atoms with E-state index in [-0.39, 0.29) is 11.4 Å². The minimum absolute atomic E-state index is 0.0447. The Balaban J connectivity index is 1.94. The van der Waals surface area contributed by atoms with E-state index in [1.54, 1.807) is 0 Å². The summed E-state index contributed by atoms with van der Waals surface area (Å²) in [7, 11) is 1.50. The Morgan fingerprint density at radius 1 is 1.50 bits per heavy atom. The van der Waals surface area contributed by atoms with Gasteiger partial charge < -0.3 is 14.4 Å². The molecule has 0 aliphatic carbocycles. The van der Waals surface area contributed by atoms with Gasteiger partial charge in [-0.25, -0.2) is 0 Å². The largest absolute Gasteiger partial charge is 0.469 e. The highest BCUT2D eigenvalue weighted by molar-refractivity contribution is 8.00. The normalized spacial score (nSPS) is 31.1. The highest BCUT2D eigenvalue weighted by Gasteiger charge is 2.54. The first-order valence-corrected chi connectivity index (χ1v) is 8.38. The third kappa shape index (κ3) is 3.49. The predicted octanol–water partition coefficient (Wildman–Crippen LogP) is 2.03. The zero-order chi connectivity index (χ0) is 14.8. The van der Waals surface area contributed by atoms with Crippen LogP contribution >= 0.6 is 11.8 Å². The van der Waals surface area contributed by atoms with Crippen molar-refractivity contribution in [1.82, 2.24) is 4.90 Å². The average Bonchev–Trinajstić information content (AvgIpc) is 2.75. The minimum atomic E-state index is -0.320. The Kier molecular flexibility index (Phi) is 5.03. The van der Waals surface area contributed by atoms with Crippen LogP contribution in [-0.2, 0) is 14.3 Å². The van der Waals surface area contributed by atoms with E-state index in [1.165, 1.54) is 7.11 Å². The predicted molar refractivity (Wildman–Crippen MR) is 82.0 cm³/mol. The lowest BCUT2D eigenvalue weighted by Crippen LogP contribution is -2.45. The van der Waals surface area contributed by atoms with Gasteiger partial charge in [-0.2, -0.15) is 11.8 Å². The van der Waals surface area contributed by atoms with Crippen LogP contribution in [0.2, 0.25) is 0 Å². The van der Waals surface area contributed by atoms with E-state index in [0.29, 0.717) is 23.9 Å². The number of rotatable bonds is 4. The van der Waals surface area contributed by atoms with Crippen molar-refractivity contribution in [2.24, 2.45) is 11.3 Å². The van der Waals surface area contributed by atoms with Gasteiger partial charge in [0.15, 0.2) is 0 Å². The quantitative estimate of drug-likeness (QED) is 0.743. The lowest BCUT2D eigenvalue weighted by molar-refractivity contribution is -0.161. The summed E-state index contributed by atoms with van der Waals surface area (Å²) >= 11 is 1.98. The second kappa shape index (κ2) is 6.24. The van der Waals surface area contributed by atoms with Gasteiger partial charge in [0.05, 0.1) is 19.1 Å². The van der Waals surface area contributed by atoms with Gasteiger partial charge in [-0.15, -0.1) is 0 Å². The standard InChI is InChI=1S/C15H27NO3S/c1-14(2,3)20-8-6-16-9-12-10-19-7-5-15(12,11-16)13(17)18-4/h12H,5-11H2,1-4H3/t12-,15+/m0/s1. The molecule has 2 rings (SSSR count). The molecule has 0 saturated carbocycles. The van der Waals surface area contributed by atoms with E-state index in [2.05, 4.69) is 25.7 Å². The van der Waals surface area contributed by atoms with Crippen molar-refractivity contribution in [2.75, 3.05) is 45.7 Å². The van der Waals surface area contributed by atoms with Crippen molar-refractivity contribution < 1.29 is 14.3 Å². The molecule has 0 radical (unpaired) electrons. The Bertz CT molecular complexity index is 356. The monoisotopic (exact) mass is 301 g/mol. The first-order chi connectivity index (χ1) is 9.37. The lowest BCUT2D eigenvalue weighted by Gasteiger charge is -2.35. The number of fused-ring (bicyclic) bond motifs is 1. The van der Waals surface area contributed by atoms with Gasteiger partial charge in [-0.3, -0.25) is 4.79 Å². The molecule has 0 aromatic rings. The Morgan fingerprint density at radius 3 is 2.90 bits per heavy atom. The lowest BCUT2D eigenvalue weighted by atomic mass is 9.74. The SMILES string of the molecule is COC(=O)[C@@]12CCOC[C@@H]1CN(CCSC(C)(C)C)C2. The van der Waals surface area contributed by atoms with Crippen LogP contribution in [0.25, 0.3) is 0 Å². The molecule has 0 amide bonds. The fraction of sp³-hybridized carbons (Fsp3) is 0.933.